The van der Waals surface area contributed by atoms with Crippen molar-refractivity contribution in [2.24, 2.45) is 0 Å². The third-order valence-electron chi connectivity index (χ3n) is 5.72. The highest BCUT2D eigenvalue weighted by atomic mass is 79.9. The van der Waals surface area contributed by atoms with Gasteiger partial charge in [0.05, 0.1) is 17.5 Å². The zero-order valence-electron chi connectivity index (χ0n) is 16.7. The fourth-order valence-electron chi connectivity index (χ4n) is 4.13. The molecule has 5 nitrogen and oxygen atoms in total. The van der Waals surface area contributed by atoms with Crippen LogP contribution in [0.5, 0.6) is 0 Å². The van der Waals surface area contributed by atoms with Gasteiger partial charge in [-0.05, 0) is 43.5 Å². The molecule has 1 amide bonds. The molecule has 150 valence electrons. The number of hydrogen-bond donors (Lipinski definition) is 0. The molecule has 2 heterocycles. The largest absolute Gasteiger partial charge is 0.381 e. The molecule has 1 aliphatic rings. The Kier molecular flexibility index (Phi) is 5.65. The number of rotatable bonds is 4. The monoisotopic (exact) mass is 453 g/mol. The molecule has 0 radical (unpaired) electrons. The van der Waals surface area contributed by atoms with Crippen LogP contribution in [-0.4, -0.2) is 41.0 Å². The van der Waals surface area contributed by atoms with Gasteiger partial charge in [-0.15, -0.1) is 0 Å². The highest BCUT2D eigenvalue weighted by Gasteiger charge is 2.43. The molecule has 0 atom stereocenters. The van der Waals surface area contributed by atoms with E-state index in [1.54, 1.807) is 4.90 Å². The third kappa shape index (κ3) is 3.91. The Morgan fingerprint density at radius 1 is 1.10 bits per heavy atom. The van der Waals surface area contributed by atoms with Crippen LogP contribution in [0.1, 0.15) is 29.9 Å². The second-order valence-electron chi connectivity index (χ2n) is 7.60. The Morgan fingerprint density at radius 2 is 1.79 bits per heavy atom. The van der Waals surface area contributed by atoms with Crippen LogP contribution in [-0.2, 0) is 21.5 Å². The van der Waals surface area contributed by atoms with Crippen molar-refractivity contribution in [2.45, 2.75) is 31.7 Å². The highest BCUT2D eigenvalue weighted by Crippen LogP contribution is 2.37. The van der Waals surface area contributed by atoms with Gasteiger partial charge in [0.25, 0.3) is 0 Å². The summed E-state index contributed by atoms with van der Waals surface area (Å²) in [5.41, 5.74) is 2.31. The van der Waals surface area contributed by atoms with Gasteiger partial charge >= 0.3 is 0 Å². The average molecular weight is 454 g/mol. The molecule has 0 bridgehead atoms. The number of nitrogens with zero attached hydrogens (tertiary/aromatic N) is 3. The van der Waals surface area contributed by atoms with Crippen LogP contribution >= 0.6 is 15.9 Å². The van der Waals surface area contributed by atoms with Crippen molar-refractivity contribution in [2.75, 3.05) is 20.3 Å². The molecule has 4 rings (SSSR count). The number of para-hydroxylation sites is 1. The van der Waals surface area contributed by atoms with E-state index >= 15 is 0 Å². The van der Waals surface area contributed by atoms with Crippen LogP contribution in [0.15, 0.2) is 53.0 Å². The topological polar surface area (TPSA) is 55.3 Å². The molecule has 2 aromatic carbocycles. The lowest BCUT2D eigenvalue weighted by Crippen LogP contribution is -2.48. The van der Waals surface area contributed by atoms with Crippen molar-refractivity contribution in [3.05, 3.63) is 70.1 Å². The molecule has 3 aromatic rings. The lowest BCUT2D eigenvalue weighted by atomic mass is 9.73. The number of carbonyl (C=O) groups is 1. The maximum absolute atomic E-state index is 13.7. The third-order valence-corrected chi connectivity index (χ3v) is 6.25. The lowest BCUT2D eigenvalue weighted by molar-refractivity contribution is -0.140. The zero-order valence-corrected chi connectivity index (χ0v) is 18.3. The number of halogens is 1. The van der Waals surface area contributed by atoms with Crippen molar-refractivity contribution in [3.63, 3.8) is 0 Å². The van der Waals surface area contributed by atoms with E-state index in [1.807, 2.05) is 62.5 Å². The van der Waals surface area contributed by atoms with Crippen molar-refractivity contribution >= 4 is 32.7 Å². The molecule has 0 spiro atoms. The molecule has 1 fully saturated rings. The van der Waals surface area contributed by atoms with Crippen molar-refractivity contribution in [1.29, 1.82) is 0 Å². The molecular formula is C23H24BrN3O2. The number of likely N-dealkylation sites (N-methyl/N-ethyl adjacent to an activating group) is 1. The maximum Gasteiger partial charge on any atom is 0.233 e. The molecular weight excluding hydrogens is 430 g/mol. The van der Waals surface area contributed by atoms with Crippen LogP contribution in [0.3, 0.4) is 0 Å². The van der Waals surface area contributed by atoms with Gasteiger partial charge in [0.1, 0.15) is 5.82 Å². The molecule has 1 aromatic heterocycles. The number of aryl methyl sites for hydroxylation is 1. The van der Waals surface area contributed by atoms with E-state index in [-0.39, 0.29) is 5.91 Å². The quantitative estimate of drug-likeness (QED) is 0.586. The molecule has 29 heavy (non-hydrogen) atoms. The molecule has 0 aliphatic carbocycles. The summed E-state index contributed by atoms with van der Waals surface area (Å²) in [4.78, 5) is 24.7. The highest BCUT2D eigenvalue weighted by molar-refractivity contribution is 9.10. The number of fused-ring (bicyclic) bond motifs is 1. The van der Waals surface area contributed by atoms with Gasteiger partial charge in [-0.3, -0.25) is 4.79 Å². The molecule has 1 saturated heterocycles. The lowest BCUT2D eigenvalue weighted by Gasteiger charge is -2.39. The van der Waals surface area contributed by atoms with E-state index < -0.39 is 5.41 Å². The van der Waals surface area contributed by atoms with Gasteiger partial charge in [0.2, 0.25) is 5.91 Å². The van der Waals surface area contributed by atoms with Crippen LogP contribution in [0.25, 0.3) is 10.9 Å². The van der Waals surface area contributed by atoms with Crippen LogP contribution in [0.4, 0.5) is 0 Å². The number of benzene rings is 2. The van der Waals surface area contributed by atoms with E-state index in [0.717, 1.165) is 26.6 Å². The number of ether oxygens (including phenoxy) is 1. The van der Waals surface area contributed by atoms with E-state index in [0.29, 0.717) is 38.4 Å². The minimum atomic E-state index is -0.570. The molecule has 0 unspecified atom stereocenters. The summed E-state index contributed by atoms with van der Waals surface area (Å²) in [7, 11) is 1.84. The normalized spacial score (nSPS) is 16.0. The van der Waals surface area contributed by atoms with Crippen LogP contribution in [0.2, 0.25) is 0 Å². The summed E-state index contributed by atoms with van der Waals surface area (Å²) in [6.45, 7) is 3.53. The van der Waals surface area contributed by atoms with E-state index in [9.17, 15) is 4.79 Å². The maximum atomic E-state index is 13.7. The smallest absolute Gasteiger partial charge is 0.233 e. The first kappa shape index (κ1) is 20.0. The number of hydrogen-bond acceptors (Lipinski definition) is 4. The first-order valence-corrected chi connectivity index (χ1v) is 10.6. The number of carbonyl (C=O) groups excluding carboxylic acids is 1. The summed E-state index contributed by atoms with van der Waals surface area (Å²) in [6, 6.07) is 16.0. The van der Waals surface area contributed by atoms with Crippen molar-refractivity contribution < 1.29 is 9.53 Å². The van der Waals surface area contributed by atoms with Crippen molar-refractivity contribution in [1.82, 2.24) is 14.9 Å². The minimum absolute atomic E-state index is 0.0949. The van der Waals surface area contributed by atoms with Crippen molar-refractivity contribution in [3.8, 4) is 0 Å². The van der Waals surface area contributed by atoms with E-state index in [4.69, 9.17) is 4.74 Å². The summed E-state index contributed by atoms with van der Waals surface area (Å²) in [5, 5.41) is 1.04. The Balaban J connectivity index is 1.63. The first-order chi connectivity index (χ1) is 14.0. The van der Waals surface area contributed by atoms with Gasteiger partial charge in [-0.1, -0.05) is 46.3 Å². The Labute approximate surface area is 179 Å². The molecule has 0 saturated carbocycles. The average Bonchev–Trinajstić information content (AvgIpc) is 2.74. The molecule has 1 aliphatic heterocycles. The minimum Gasteiger partial charge on any atom is -0.381 e. The summed E-state index contributed by atoms with van der Waals surface area (Å²) < 4.78 is 6.58. The van der Waals surface area contributed by atoms with Gasteiger partial charge in [0.15, 0.2) is 0 Å². The molecule has 6 heteroatoms. The van der Waals surface area contributed by atoms with Crippen LogP contribution in [0, 0.1) is 6.92 Å². The summed E-state index contributed by atoms with van der Waals surface area (Å²) >= 11 is 3.49. The first-order valence-electron chi connectivity index (χ1n) is 9.81. The second-order valence-corrected chi connectivity index (χ2v) is 8.52. The Morgan fingerprint density at radius 3 is 2.52 bits per heavy atom. The predicted octanol–water partition coefficient (Wildman–Crippen LogP) is 4.41. The van der Waals surface area contributed by atoms with E-state index in [2.05, 4.69) is 25.9 Å². The van der Waals surface area contributed by atoms with Gasteiger partial charge in [0, 0.05) is 35.8 Å². The predicted molar refractivity (Wildman–Crippen MR) is 117 cm³/mol. The van der Waals surface area contributed by atoms with Crippen LogP contribution < -0.4 is 0 Å². The fraction of sp³-hybridized carbons (Fsp3) is 0.348. The van der Waals surface area contributed by atoms with E-state index in [1.165, 1.54) is 0 Å². The van der Waals surface area contributed by atoms with Gasteiger partial charge in [-0.25, -0.2) is 9.97 Å². The van der Waals surface area contributed by atoms with Gasteiger partial charge < -0.3 is 9.64 Å². The Bertz CT molecular complexity index is 1030. The van der Waals surface area contributed by atoms with Gasteiger partial charge in [-0.2, -0.15) is 0 Å². The number of aromatic nitrogens is 2. The second kappa shape index (κ2) is 8.20. The Hall–Kier alpha value is -2.31. The summed E-state index contributed by atoms with van der Waals surface area (Å²) in [6.07, 6.45) is 1.35. The molecule has 0 N–H and O–H groups in total. The summed E-state index contributed by atoms with van der Waals surface area (Å²) in [5.74, 6) is 0.757. The SMILES string of the molecule is Cc1nc(CN(C)C(=O)C2(c3ccc(Br)cc3)CCOCC2)nc2ccccc12. The number of amides is 1. The standard InChI is InChI=1S/C23H24BrN3O2/c1-16-19-5-3-4-6-20(19)26-21(25-16)15-27(2)22(28)23(11-13-29-14-12-23)17-7-9-18(24)10-8-17/h3-10H,11-15H2,1-2H3. The fourth-order valence-corrected chi connectivity index (χ4v) is 4.39. The zero-order chi connectivity index (χ0) is 20.4.